The lowest BCUT2D eigenvalue weighted by atomic mass is 10.1. The van der Waals surface area contributed by atoms with Crippen molar-refractivity contribution in [1.29, 1.82) is 5.26 Å². The van der Waals surface area contributed by atoms with E-state index >= 15 is 0 Å². The molecular weight excluding hydrogens is 242 g/mol. The molecule has 0 aliphatic heterocycles. The van der Waals surface area contributed by atoms with E-state index in [0.717, 1.165) is 17.4 Å². The molecule has 1 heterocycles. The molecule has 0 saturated carbocycles. The highest BCUT2D eigenvalue weighted by Crippen LogP contribution is 2.25. The Morgan fingerprint density at radius 1 is 1.42 bits per heavy atom. The summed E-state index contributed by atoms with van der Waals surface area (Å²) in [5, 5.41) is 12.7. The van der Waals surface area contributed by atoms with Crippen LogP contribution < -0.4 is 4.74 Å². The first-order valence-corrected chi connectivity index (χ1v) is 5.89. The molecule has 5 heteroatoms. The minimum atomic E-state index is 0.200. The van der Waals surface area contributed by atoms with Crippen LogP contribution in [0.3, 0.4) is 0 Å². The van der Waals surface area contributed by atoms with Gasteiger partial charge in [0.25, 0.3) is 0 Å². The molecule has 1 aromatic heterocycles. The molecule has 0 fully saturated rings. The van der Waals surface area contributed by atoms with Crippen LogP contribution in [0.5, 0.6) is 5.75 Å². The average Bonchev–Trinajstić information content (AvgIpc) is 2.88. The van der Waals surface area contributed by atoms with Crippen molar-refractivity contribution in [2.24, 2.45) is 0 Å². The van der Waals surface area contributed by atoms with Crippen LogP contribution in [0.1, 0.15) is 17.3 Å². The standard InChI is InChI=1S/C14H13N3O2/c1-2-19-14-6-11(10-18)5-12(7-14)13-8-16-17(9-13)4-3-15/h5-10H,2,4H2,1H3. The Kier molecular flexibility index (Phi) is 3.94. The lowest BCUT2D eigenvalue weighted by Crippen LogP contribution is -1.94. The van der Waals surface area contributed by atoms with Crippen molar-refractivity contribution in [3.63, 3.8) is 0 Å². The van der Waals surface area contributed by atoms with Gasteiger partial charge in [0.1, 0.15) is 18.6 Å². The summed E-state index contributed by atoms with van der Waals surface area (Å²) in [6.45, 7) is 2.62. The number of hydrogen-bond donors (Lipinski definition) is 0. The molecule has 0 unspecified atom stereocenters. The van der Waals surface area contributed by atoms with E-state index in [0.29, 0.717) is 17.9 Å². The first kappa shape index (κ1) is 12.8. The van der Waals surface area contributed by atoms with Crippen LogP contribution >= 0.6 is 0 Å². The van der Waals surface area contributed by atoms with Gasteiger partial charge in [-0.1, -0.05) is 0 Å². The molecule has 0 amide bonds. The number of carbonyl (C=O) groups is 1. The number of nitrogens with zero attached hydrogens (tertiary/aromatic N) is 3. The number of ether oxygens (including phenoxy) is 1. The van der Waals surface area contributed by atoms with Gasteiger partial charge in [-0.25, -0.2) is 0 Å². The molecule has 19 heavy (non-hydrogen) atoms. The smallest absolute Gasteiger partial charge is 0.150 e. The summed E-state index contributed by atoms with van der Waals surface area (Å²) in [5.41, 5.74) is 2.24. The monoisotopic (exact) mass is 255 g/mol. The van der Waals surface area contributed by atoms with E-state index in [1.54, 1.807) is 29.2 Å². The number of rotatable bonds is 5. The number of carbonyl (C=O) groups excluding carboxylic acids is 1. The van der Waals surface area contributed by atoms with Crippen LogP contribution in [0.25, 0.3) is 11.1 Å². The second-order valence-electron chi connectivity index (χ2n) is 3.93. The SMILES string of the molecule is CCOc1cc(C=O)cc(-c2cnn(CC#N)c2)c1. The molecule has 2 rings (SSSR count). The maximum atomic E-state index is 10.9. The molecule has 1 aromatic carbocycles. The molecule has 96 valence electrons. The van der Waals surface area contributed by atoms with Gasteiger partial charge >= 0.3 is 0 Å². The Labute approximate surface area is 111 Å². The van der Waals surface area contributed by atoms with Gasteiger partial charge < -0.3 is 4.74 Å². The molecule has 0 atom stereocenters. The summed E-state index contributed by atoms with van der Waals surface area (Å²) in [6.07, 6.45) is 4.21. The van der Waals surface area contributed by atoms with E-state index in [9.17, 15) is 4.79 Å². The zero-order chi connectivity index (χ0) is 13.7. The van der Waals surface area contributed by atoms with E-state index in [1.807, 2.05) is 19.1 Å². The van der Waals surface area contributed by atoms with Crippen LogP contribution in [0.2, 0.25) is 0 Å². The summed E-state index contributed by atoms with van der Waals surface area (Å²) >= 11 is 0. The predicted molar refractivity (Wildman–Crippen MR) is 69.8 cm³/mol. The Hall–Kier alpha value is -2.61. The molecule has 0 N–H and O–H groups in total. The fraction of sp³-hybridized carbons (Fsp3) is 0.214. The Balaban J connectivity index is 2.39. The topological polar surface area (TPSA) is 67.9 Å². The summed E-state index contributed by atoms with van der Waals surface area (Å²) < 4.78 is 6.97. The fourth-order valence-corrected chi connectivity index (χ4v) is 1.78. The van der Waals surface area contributed by atoms with Crippen molar-refractivity contribution in [1.82, 2.24) is 9.78 Å². The third kappa shape index (κ3) is 2.99. The van der Waals surface area contributed by atoms with Gasteiger partial charge in [-0.15, -0.1) is 0 Å². The summed E-state index contributed by atoms with van der Waals surface area (Å²) in [7, 11) is 0. The number of benzene rings is 1. The molecule has 0 saturated heterocycles. The van der Waals surface area contributed by atoms with Crippen LogP contribution in [0.15, 0.2) is 30.6 Å². The number of hydrogen-bond acceptors (Lipinski definition) is 4. The minimum absolute atomic E-state index is 0.200. The number of aromatic nitrogens is 2. The van der Waals surface area contributed by atoms with E-state index < -0.39 is 0 Å². The fourth-order valence-electron chi connectivity index (χ4n) is 1.78. The Bertz CT molecular complexity index is 626. The largest absolute Gasteiger partial charge is 0.494 e. The summed E-state index contributed by atoms with van der Waals surface area (Å²) in [6, 6.07) is 7.34. The van der Waals surface area contributed by atoms with E-state index in [2.05, 4.69) is 5.10 Å². The van der Waals surface area contributed by atoms with Crippen LogP contribution in [-0.4, -0.2) is 22.7 Å². The third-order valence-electron chi connectivity index (χ3n) is 2.58. The van der Waals surface area contributed by atoms with Crippen molar-refractivity contribution in [2.45, 2.75) is 13.5 Å². The van der Waals surface area contributed by atoms with Crippen molar-refractivity contribution < 1.29 is 9.53 Å². The normalized spacial score (nSPS) is 9.89. The lowest BCUT2D eigenvalue weighted by Gasteiger charge is -2.06. The van der Waals surface area contributed by atoms with Gasteiger partial charge in [-0.3, -0.25) is 9.48 Å². The van der Waals surface area contributed by atoms with Gasteiger partial charge in [-0.2, -0.15) is 10.4 Å². The third-order valence-corrected chi connectivity index (χ3v) is 2.58. The quantitative estimate of drug-likeness (QED) is 0.769. The van der Waals surface area contributed by atoms with Gasteiger partial charge in [0.2, 0.25) is 0 Å². The number of nitriles is 1. The highest BCUT2D eigenvalue weighted by molar-refractivity contribution is 5.80. The van der Waals surface area contributed by atoms with Gasteiger partial charge in [0.15, 0.2) is 0 Å². The number of aldehydes is 1. The lowest BCUT2D eigenvalue weighted by molar-refractivity contribution is 0.112. The first-order valence-electron chi connectivity index (χ1n) is 5.89. The van der Waals surface area contributed by atoms with Crippen LogP contribution in [-0.2, 0) is 6.54 Å². The van der Waals surface area contributed by atoms with E-state index in [1.165, 1.54) is 0 Å². The highest BCUT2D eigenvalue weighted by Gasteiger charge is 2.06. The van der Waals surface area contributed by atoms with Crippen molar-refractivity contribution in [3.05, 3.63) is 36.2 Å². The summed E-state index contributed by atoms with van der Waals surface area (Å²) in [5.74, 6) is 0.648. The molecule has 0 spiro atoms. The van der Waals surface area contributed by atoms with Crippen molar-refractivity contribution in [2.75, 3.05) is 6.61 Å². The highest BCUT2D eigenvalue weighted by atomic mass is 16.5. The van der Waals surface area contributed by atoms with Gasteiger partial charge in [-0.05, 0) is 30.7 Å². The van der Waals surface area contributed by atoms with Crippen molar-refractivity contribution >= 4 is 6.29 Å². The van der Waals surface area contributed by atoms with Gasteiger partial charge in [0.05, 0.1) is 18.9 Å². The maximum absolute atomic E-state index is 10.9. The Morgan fingerprint density at radius 2 is 2.26 bits per heavy atom. The molecule has 0 bridgehead atoms. The molecule has 0 aliphatic carbocycles. The van der Waals surface area contributed by atoms with Crippen LogP contribution in [0, 0.1) is 11.3 Å². The average molecular weight is 255 g/mol. The summed E-state index contributed by atoms with van der Waals surface area (Å²) in [4.78, 5) is 10.9. The molecule has 5 nitrogen and oxygen atoms in total. The zero-order valence-electron chi connectivity index (χ0n) is 10.5. The molecule has 0 radical (unpaired) electrons. The first-order chi connectivity index (χ1) is 9.26. The maximum Gasteiger partial charge on any atom is 0.150 e. The van der Waals surface area contributed by atoms with E-state index in [-0.39, 0.29) is 6.54 Å². The Morgan fingerprint density at radius 3 is 2.95 bits per heavy atom. The predicted octanol–water partition coefficient (Wildman–Crippen LogP) is 2.28. The second kappa shape index (κ2) is 5.83. The molecular formula is C14H13N3O2. The van der Waals surface area contributed by atoms with Gasteiger partial charge in [0, 0.05) is 17.3 Å². The van der Waals surface area contributed by atoms with Crippen LogP contribution in [0.4, 0.5) is 0 Å². The van der Waals surface area contributed by atoms with E-state index in [4.69, 9.17) is 10.00 Å². The minimum Gasteiger partial charge on any atom is -0.494 e. The van der Waals surface area contributed by atoms with Crippen molar-refractivity contribution in [3.8, 4) is 22.9 Å². The molecule has 2 aromatic rings. The zero-order valence-corrected chi connectivity index (χ0v) is 10.5. The second-order valence-corrected chi connectivity index (χ2v) is 3.93. The molecule has 0 aliphatic rings.